The highest BCUT2D eigenvalue weighted by atomic mass is 32.1. The normalized spacial score (nSPS) is 10.8. The number of thiazole rings is 1. The molecule has 0 saturated heterocycles. The Morgan fingerprint density at radius 1 is 1.39 bits per heavy atom. The monoisotopic (exact) mass is 266 g/mol. The number of aryl methyl sites for hydroxylation is 1. The Balaban J connectivity index is 1.96. The lowest BCUT2D eigenvalue weighted by atomic mass is 10.4. The van der Waals surface area contributed by atoms with Gasteiger partial charge in [-0.15, -0.1) is 11.3 Å². The second kappa shape index (κ2) is 5.97. The maximum Gasteiger partial charge on any atom is 0.297 e. The molecule has 0 radical (unpaired) electrons. The third-order valence-electron chi connectivity index (χ3n) is 2.49. The first-order valence-corrected chi connectivity index (χ1v) is 6.84. The third-order valence-corrected chi connectivity index (χ3v) is 3.31. The van der Waals surface area contributed by atoms with E-state index in [1.165, 1.54) is 0 Å². The van der Waals surface area contributed by atoms with Crippen LogP contribution in [-0.4, -0.2) is 23.6 Å². The molecule has 6 heteroatoms. The molecular formula is C12H18N4OS. The Labute approximate surface area is 111 Å². The van der Waals surface area contributed by atoms with Crippen molar-refractivity contribution in [3.05, 3.63) is 28.0 Å². The van der Waals surface area contributed by atoms with Crippen LogP contribution in [-0.2, 0) is 13.1 Å². The molecule has 0 aliphatic rings. The molecule has 0 aliphatic heterocycles. The van der Waals surface area contributed by atoms with Gasteiger partial charge >= 0.3 is 0 Å². The van der Waals surface area contributed by atoms with Crippen molar-refractivity contribution in [3.8, 4) is 0 Å². The Morgan fingerprint density at radius 2 is 2.22 bits per heavy atom. The third kappa shape index (κ3) is 3.30. The SMILES string of the molecule is CCNCc1coc(N(C)Cc2csc(C)n2)n1. The van der Waals surface area contributed by atoms with E-state index in [-0.39, 0.29) is 0 Å². The molecular weight excluding hydrogens is 248 g/mol. The molecule has 2 rings (SSSR count). The maximum atomic E-state index is 5.45. The van der Waals surface area contributed by atoms with Crippen molar-refractivity contribution in [2.45, 2.75) is 26.9 Å². The van der Waals surface area contributed by atoms with Gasteiger partial charge in [0.05, 0.1) is 22.9 Å². The van der Waals surface area contributed by atoms with Gasteiger partial charge in [0.15, 0.2) is 0 Å². The van der Waals surface area contributed by atoms with E-state index in [0.717, 1.165) is 29.5 Å². The Morgan fingerprint density at radius 3 is 2.89 bits per heavy atom. The second-order valence-corrected chi connectivity index (χ2v) is 5.18. The van der Waals surface area contributed by atoms with Crippen LogP contribution in [0.15, 0.2) is 16.1 Å². The molecule has 18 heavy (non-hydrogen) atoms. The predicted octanol–water partition coefficient (Wildman–Crippen LogP) is 2.19. The quantitative estimate of drug-likeness (QED) is 0.868. The summed E-state index contributed by atoms with van der Waals surface area (Å²) in [5, 5.41) is 6.36. The molecule has 0 saturated carbocycles. The van der Waals surface area contributed by atoms with Crippen molar-refractivity contribution < 1.29 is 4.42 Å². The van der Waals surface area contributed by atoms with E-state index in [1.54, 1.807) is 17.6 Å². The Kier molecular flexibility index (Phi) is 4.33. The molecule has 0 unspecified atom stereocenters. The molecule has 0 bridgehead atoms. The molecule has 0 atom stereocenters. The lowest BCUT2D eigenvalue weighted by molar-refractivity contribution is 0.542. The van der Waals surface area contributed by atoms with Gasteiger partial charge in [0.2, 0.25) is 0 Å². The van der Waals surface area contributed by atoms with Gasteiger partial charge in [0, 0.05) is 19.0 Å². The molecule has 2 aromatic heterocycles. The van der Waals surface area contributed by atoms with Crippen LogP contribution in [0.4, 0.5) is 6.01 Å². The standard InChI is InChI=1S/C12H18N4OS/c1-4-13-5-10-7-17-12(15-10)16(3)6-11-8-18-9(2)14-11/h7-8,13H,4-6H2,1-3H3. The average Bonchev–Trinajstić information content (AvgIpc) is 2.96. The van der Waals surface area contributed by atoms with Crippen molar-refractivity contribution in [3.63, 3.8) is 0 Å². The summed E-state index contributed by atoms with van der Waals surface area (Å²) in [7, 11) is 1.96. The summed E-state index contributed by atoms with van der Waals surface area (Å²) in [5.41, 5.74) is 1.97. The first kappa shape index (κ1) is 13.0. The fourth-order valence-electron chi connectivity index (χ4n) is 1.60. The minimum Gasteiger partial charge on any atom is -0.432 e. The number of anilines is 1. The zero-order valence-electron chi connectivity index (χ0n) is 10.9. The molecule has 2 aromatic rings. The highest BCUT2D eigenvalue weighted by Crippen LogP contribution is 2.16. The lowest BCUT2D eigenvalue weighted by Crippen LogP contribution is -2.17. The summed E-state index contributed by atoms with van der Waals surface area (Å²) in [6, 6.07) is 0.633. The molecule has 2 heterocycles. The van der Waals surface area contributed by atoms with Gasteiger partial charge in [0.25, 0.3) is 6.01 Å². The Bertz CT molecular complexity index is 494. The highest BCUT2D eigenvalue weighted by Gasteiger charge is 2.10. The summed E-state index contributed by atoms with van der Waals surface area (Å²) >= 11 is 1.66. The van der Waals surface area contributed by atoms with Crippen LogP contribution < -0.4 is 10.2 Å². The summed E-state index contributed by atoms with van der Waals surface area (Å²) in [6.07, 6.45) is 1.70. The molecule has 0 spiro atoms. The fraction of sp³-hybridized carbons (Fsp3) is 0.500. The first-order chi connectivity index (χ1) is 8.69. The van der Waals surface area contributed by atoms with Crippen LogP contribution >= 0.6 is 11.3 Å². The van der Waals surface area contributed by atoms with Crippen molar-refractivity contribution in [1.82, 2.24) is 15.3 Å². The second-order valence-electron chi connectivity index (χ2n) is 4.12. The van der Waals surface area contributed by atoms with E-state index < -0.39 is 0 Å². The van der Waals surface area contributed by atoms with Crippen LogP contribution in [0.2, 0.25) is 0 Å². The molecule has 0 aliphatic carbocycles. The summed E-state index contributed by atoms with van der Waals surface area (Å²) < 4.78 is 5.45. The number of hydrogen-bond donors (Lipinski definition) is 1. The van der Waals surface area contributed by atoms with Crippen molar-refractivity contribution in [1.29, 1.82) is 0 Å². The van der Waals surface area contributed by atoms with Gasteiger partial charge in [-0.05, 0) is 13.5 Å². The maximum absolute atomic E-state index is 5.45. The van der Waals surface area contributed by atoms with Gasteiger partial charge in [0.1, 0.15) is 6.26 Å². The average molecular weight is 266 g/mol. The predicted molar refractivity (Wildman–Crippen MR) is 72.8 cm³/mol. The van der Waals surface area contributed by atoms with Crippen LogP contribution in [0.3, 0.4) is 0 Å². The van der Waals surface area contributed by atoms with Gasteiger partial charge in [-0.3, -0.25) is 0 Å². The minimum atomic E-state index is 0.633. The molecule has 0 aromatic carbocycles. The smallest absolute Gasteiger partial charge is 0.297 e. The van der Waals surface area contributed by atoms with Gasteiger partial charge < -0.3 is 14.6 Å². The van der Waals surface area contributed by atoms with E-state index in [0.29, 0.717) is 12.6 Å². The summed E-state index contributed by atoms with van der Waals surface area (Å²) in [5.74, 6) is 0. The van der Waals surface area contributed by atoms with E-state index in [4.69, 9.17) is 4.42 Å². The van der Waals surface area contributed by atoms with E-state index in [9.17, 15) is 0 Å². The van der Waals surface area contributed by atoms with Crippen LogP contribution in [0, 0.1) is 6.92 Å². The zero-order chi connectivity index (χ0) is 13.0. The molecule has 0 amide bonds. The minimum absolute atomic E-state index is 0.633. The number of rotatable bonds is 6. The number of hydrogen-bond acceptors (Lipinski definition) is 6. The van der Waals surface area contributed by atoms with Crippen LogP contribution in [0.1, 0.15) is 23.3 Å². The van der Waals surface area contributed by atoms with E-state index >= 15 is 0 Å². The molecule has 1 N–H and O–H groups in total. The summed E-state index contributed by atoms with van der Waals surface area (Å²) in [6.45, 7) is 6.46. The van der Waals surface area contributed by atoms with Crippen molar-refractivity contribution in [2.24, 2.45) is 0 Å². The number of nitrogens with one attached hydrogen (secondary N) is 1. The number of nitrogens with zero attached hydrogens (tertiary/aromatic N) is 3. The zero-order valence-corrected chi connectivity index (χ0v) is 11.8. The van der Waals surface area contributed by atoms with Gasteiger partial charge in [-0.1, -0.05) is 6.92 Å². The lowest BCUT2D eigenvalue weighted by Gasteiger charge is -2.12. The van der Waals surface area contributed by atoms with E-state index in [1.807, 2.05) is 18.9 Å². The summed E-state index contributed by atoms with van der Waals surface area (Å²) in [4.78, 5) is 10.8. The molecule has 0 fully saturated rings. The number of oxazole rings is 1. The number of aromatic nitrogens is 2. The van der Waals surface area contributed by atoms with Crippen LogP contribution in [0.5, 0.6) is 0 Å². The van der Waals surface area contributed by atoms with Crippen LogP contribution in [0.25, 0.3) is 0 Å². The van der Waals surface area contributed by atoms with Gasteiger partial charge in [-0.2, -0.15) is 4.98 Å². The largest absolute Gasteiger partial charge is 0.432 e. The molecule has 5 nitrogen and oxygen atoms in total. The first-order valence-electron chi connectivity index (χ1n) is 5.96. The van der Waals surface area contributed by atoms with Gasteiger partial charge in [-0.25, -0.2) is 4.98 Å². The highest BCUT2D eigenvalue weighted by molar-refractivity contribution is 7.09. The fourth-order valence-corrected chi connectivity index (χ4v) is 2.20. The topological polar surface area (TPSA) is 54.2 Å². The Hall–Kier alpha value is -1.40. The molecule has 98 valence electrons. The van der Waals surface area contributed by atoms with E-state index in [2.05, 4.69) is 27.6 Å². The van der Waals surface area contributed by atoms with Crippen molar-refractivity contribution >= 4 is 17.4 Å². The van der Waals surface area contributed by atoms with Crippen molar-refractivity contribution in [2.75, 3.05) is 18.5 Å².